The molecule has 0 atom stereocenters. The summed E-state index contributed by atoms with van der Waals surface area (Å²) in [5.74, 6) is -0.735. The number of ether oxygens (including phenoxy) is 1. The van der Waals surface area contributed by atoms with Gasteiger partial charge in [0.25, 0.3) is 5.91 Å². The molecule has 0 saturated carbocycles. The zero-order chi connectivity index (χ0) is 21.5. The van der Waals surface area contributed by atoms with E-state index >= 15 is 0 Å². The summed E-state index contributed by atoms with van der Waals surface area (Å²) in [5.41, 5.74) is 3.89. The lowest BCUT2D eigenvalue weighted by Gasteiger charge is -2.27. The Bertz CT molecular complexity index is 992. The minimum Gasteiger partial charge on any atom is -0.456 e. The average molecular weight is 408 g/mol. The van der Waals surface area contributed by atoms with Crippen LogP contribution < -0.4 is 10.2 Å². The van der Waals surface area contributed by atoms with E-state index in [0.717, 1.165) is 28.7 Å². The van der Waals surface area contributed by atoms with Crippen LogP contribution in [0.25, 0.3) is 10.9 Å². The molecule has 158 valence electrons. The molecule has 30 heavy (non-hydrogen) atoms. The molecule has 0 aliphatic carbocycles. The van der Waals surface area contributed by atoms with Crippen LogP contribution in [-0.2, 0) is 20.7 Å². The molecule has 1 aromatic heterocycles. The fraction of sp³-hybridized carbons (Fsp3) is 0.333. The highest BCUT2D eigenvalue weighted by Gasteiger charge is 2.11. The number of benzene rings is 2. The molecule has 0 saturated heterocycles. The standard InChI is InChI=1S/C24H29N3O3/c1-4-27(17(2)3)20-12-10-19(11-13-20)26-23(28)16-30-24(29)14-9-18-15-25-22-8-6-5-7-21(18)22/h5-8,10-13,15,17,25H,4,9,14,16H2,1-3H3,(H,26,28). The maximum absolute atomic E-state index is 12.1. The number of carbonyl (C=O) groups excluding carboxylic acids is 2. The molecule has 0 aliphatic rings. The third-order valence-corrected chi connectivity index (χ3v) is 5.08. The summed E-state index contributed by atoms with van der Waals surface area (Å²) in [6.45, 7) is 7.03. The van der Waals surface area contributed by atoms with E-state index in [1.54, 1.807) is 0 Å². The van der Waals surface area contributed by atoms with Crippen molar-refractivity contribution in [3.63, 3.8) is 0 Å². The molecule has 0 fully saturated rings. The summed E-state index contributed by atoms with van der Waals surface area (Å²) in [7, 11) is 0. The van der Waals surface area contributed by atoms with Crippen LogP contribution in [0.15, 0.2) is 54.7 Å². The van der Waals surface area contributed by atoms with E-state index in [1.165, 1.54) is 0 Å². The topological polar surface area (TPSA) is 74.4 Å². The first kappa shape index (κ1) is 21.4. The molecule has 2 aromatic carbocycles. The van der Waals surface area contributed by atoms with Crippen molar-refractivity contribution in [3.8, 4) is 0 Å². The summed E-state index contributed by atoms with van der Waals surface area (Å²) in [4.78, 5) is 29.6. The summed E-state index contributed by atoms with van der Waals surface area (Å²) in [6.07, 6.45) is 2.70. The van der Waals surface area contributed by atoms with E-state index in [2.05, 4.69) is 36.0 Å². The molecule has 0 radical (unpaired) electrons. The maximum atomic E-state index is 12.1. The Morgan fingerprint density at radius 2 is 1.83 bits per heavy atom. The fourth-order valence-corrected chi connectivity index (χ4v) is 3.57. The van der Waals surface area contributed by atoms with Crippen molar-refractivity contribution in [1.29, 1.82) is 0 Å². The maximum Gasteiger partial charge on any atom is 0.306 e. The van der Waals surface area contributed by atoms with Gasteiger partial charge in [-0.05, 0) is 63.1 Å². The van der Waals surface area contributed by atoms with Crippen molar-refractivity contribution in [1.82, 2.24) is 4.98 Å². The van der Waals surface area contributed by atoms with Crippen LogP contribution in [0.4, 0.5) is 11.4 Å². The number of anilines is 2. The van der Waals surface area contributed by atoms with Crippen LogP contribution in [0.5, 0.6) is 0 Å². The Labute approximate surface area is 177 Å². The van der Waals surface area contributed by atoms with Gasteiger partial charge in [0.15, 0.2) is 6.61 Å². The van der Waals surface area contributed by atoms with Gasteiger partial charge >= 0.3 is 5.97 Å². The van der Waals surface area contributed by atoms with E-state index in [1.807, 2.05) is 54.7 Å². The van der Waals surface area contributed by atoms with Crippen LogP contribution in [0, 0.1) is 0 Å². The summed E-state index contributed by atoms with van der Waals surface area (Å²) < 4.78 is 5.13. The van der Waals surface area contributed by atoms with Crippen LogP contribution in [0.1, 0.15) is 32.8 Å². The molecule has 3 rings (SSSR count). The second-order valence-electron chi connectivity index (χ2n) is 7.49. The minimum absolute atomic E-state index is 0.228. The fourth-order valence-electron chi connectivity index (χ4n) is 3.57. The number of nitrogens with zero attached hydrogens (tertiary/aromatic N) is 1. The van der Waals surface area contributed by atoms with Crippen molar-refractivity contribution in [3.05, 3.63) is 60.3 Å². The van der Waals surface area contributed by atoms with E-state index in [4.69, 9.17) is 4.74 Å². The van der Waals surface area contributed by atoms with Crippen LogP contribution in [0.2, 0.25) is 0 Å². The Balaban J connectivity index is 1.44. The largest absolute Gasteiger partial charge is 0.456 e. The second kappa shape index (κ2) is 9.96. The Hall–Kier alpha value is -3.28. The number of amides is 1. The highest BCUT2D eigenvalue weighted by Crippen LogP contribution is 2.20. The summed E-state index contributed by atoms with van der Waals surface area (Å²) in [6, 6.07) is 16.0. The number of nitrogens with one attached hydrogen (secondary N) is 2. The van der Waals surface area contributed by atoms with Gasteiger partial charge < -0.3 is 19.9 Å². The third kappa shape index (κ3) is 5.41. The lowest BCUT2D eigenvalue weighted by atomic mass is 10.1. The molecule has 6 nitrogen and oxygen atoms in total. The van der Waals surface area contributed by atoms with E-state index in [9.17, 15) is 9.59 Å². The van der Waals surface area contributed by atoms with Gasteiger partial charge in [-0.25, -0.2) is 0 Å². The Morgan fingerprint density at radius 3 is 2.53 bits per heavy atom. The molecule has 1 heterocycles. The zero-order valence-corrected chi connectivity index (χ0v) is 17.8. The first-order valence-corrected chi connectivity index (χ1v) is 10.3. The predicted octanol–water partition coefficient (Wildman–Crippen LogP) is 4.52. The molecule has 6 heteroatoms. The normalized spacial score (nSPS) is 10.9. The van der Waals surface area contributed by atoms with Crippen LogP contribution in [-0.4, -0.2) is 36.1 Å². The number of aromatic nitrogens is 1. The van der Waals surface area contributed by atoms with Crippen molar-refractivity contribution in [2.75, 3.05) is 23.4 Å². The second-order valence-corrected chi connectivity index (χ2v) is 7.49. The van der Waals surface area contributed by atoms with E-state index in [-0.39, 0.29) is 24.9 Å². The predicted molar refractivity (Wildman–Crippen MR) is 121 cm³/mol. The van der Waals surface area contributed by atoms with Crippen molar-refractivity contribution in [2.45, 2.75) is 39.7 Å². The molecule has 0 bridgehead atoms. The molecule has 0 unspecified atom stereocenters. The Kier molecular flexibility index (Phi) is 7.12. The lowest BCUT2D eigenvalue weighted by molar-refractivity contribution is -0.147. The van der Waals surface area contributed by atoms with Gasteiger partial charge in [0.05, 0.1) is 0 Å². The van der Waals surface area contributed by atoms with Crippen molar-refractivity contribution < 1.29 is 14.3 Å². The highest BCUT2D eigenvalue weighted by atomic mass is 16.5. The number of para-hydroxylation sites is 1. The van der Waals surface area contributed by atoms with Gasteiger partial charge in [0.2, 0.25) is 0 Å². The van der Waals surface area contributed by atoms with E-state index in [0.29, 0.717) is 18.2 Å². The third-order valence-electron chi connectivity index (χ3n) is 5.08. The molecular formula is C24H29N3O3. The van der Waals surface area contributed by atoms with Gasteiger partial charge in [-0.3, -0.25) is 9.59 Å². The SMILES string of the molecule is CCN(c1ccc(NC(=O)COC(=O)CCc2c[nH]c3ccccc23)cc1)C(C)C. The summed E-state index contributed by atoms with van der Waals surface area (Å²) >= 11 is 0. The minimum atomic E-state index is -0.388. The lowest BCUT2D eigenvalue weighted by Crippen LogP contribution is -2.30. The number of rotatable bonds is 9. The number of hydrogen-bond donors (Lipinski definition) is 2. The number of hydrogen-bond acceptors (Lipinski definition) is 4. The number of fused-ring (bicyclic) bond motifs is 1. The first-order chi connectivity index (χ1) is 14.5. The Morgan fingerprint density at radius 1 is 1.10 bits per heavy atom. The van der Waals surface area contributed by atoms with E-state index < -0.39 is 0 Å². The van der Waals surface area contributed by atoms with Gasteiger partial charge in [-0.1, -0.05) is 18.2 Å². The quantitative estimate of drug-likeness (QED) is 0.512. The van der Waals surface area contributed by atoms with Crippen molar-refractivity contribution in [2.24, 2.45) is 0 Å². The number of esters is 1. The van der Waals surface area contributed by atoms with Crippen LogP contribution in [0.3, 0.4) is 0 Å². The first-order valence-electron chi connectivity index (χ1n) is 10.3. The smallest absolute Gasteiger partial charge is 0.306 e. The number of aryl methyl sites for hydroxylation is 1. The molecule has 3 aromatic rings. The highest BCUT2D eigenvalue weighted by molar-refractivity contribution is 5.93. The van der Waals surface area contributed by atoms with Gasteiger partial charge in [0.1, 0.15) is 0 Å². The molecule has 2 N–H and O–H groups in total. The number of carbonyl (C=O) groups is 2. The van der Waals surface area contributed by atoms with Crippen LogP contribution >= 0.6 is 0 Å². The monoisotopic (exact) mass is 407 g/mol. The molecule has 0 aliphatic heterocycles. The zero-order valence-electron chi connectivity index (χ0n) is 17.8. The van der Waals surface area contributed by atoms with Gasteiger partial charge in [0, 0.05) is 47.5 Å². The van der Waals surface area contributed by atoms with Gasteiger partial charge in [-0.2, -0.15) is 0 Å². The van der Waals surface area contributed by atoms with Crippen molar-refractivity contribution >= 4 is 34.2 Å². The molecule has 1 amide bonds. The number of H-pyrrole nitrogens is 1. The number of aromatic amines is 1. The molecule has 0 spiro atoms. The molecular weight excluding hydrogens is 378 g/mol. The summed E-state index contributed by atoms with van der Waals surface area (Å²) in [5, 5.41) is 3.87. The van der Waals surface area contributed by atoms with Gasteiger partial charge in [-0.15, -0.1) is 0 Å². The average Bonchev–Trinajstić information content (AvgIpc) is 3.15.